The highest BCUT2D eigenvalue weighted by Crippen LogP contribution is 1.88. The summed E-state index contributed by atoms with van der Waals surface area (Å²) in [5, 5.41) is 14.8. The summed E-state index contributed by atoms with van der Waals surface area (Å²) < 4.78 is 1.41. The summed E-state index contributed by atoms with van der Waals surface area (Å²) in [5.74, 6) is 0.304. The van der Waals surface area contributed by atoms with Crippen LogP contribution >= 0.6 is 0 Å². The Hall–Kier alpha value is -1.94. The monoisotopic (exact) mass is 208 g/mol. The van der Waals surface area contributed by atoms with Crippen LogP contribution in [0.15, 0.2) is 6.33 Å². The normalized spacial score (nSPS) is 9.60. The fraction of sp³-hybridized carbons (Fsp3) is 0.500. The van der Waals surface area contributed by atoms with Crippen molar-refractivity contribution in [3.05, 3.63) is 12.2 Å². The van der Waals surface area contributed by atoms with Crippen LogP contribution in [0.1, 0.15) is 12.2 Å². The highest BCUT2D eigenvalue weighted by molar-refractivity contribution is 5.75. The quantitative estimate of drug-likeness (QED) is 0.588. The van der Waals surface area contributed by atoms with Gasteiger partial charge in [-0.2, -0.15) is 10.4 Å². The number of hydrogen-bond donors (Lipinski definition) is 2. The van der Waals surface area contributed by atoms with E-state index in [1.165, 1.54) is 11.0 Å². The smallest absolute Gasteiger partial charge is 0.241 e. The maximum absolute atomic E-state index is 11.2. The molecule has 1 aromatic rings. The highest BCUT2D eigenvalue weighted by atomic mass is 16.2. The maximum atomic E-state index is 11.2. The molecule has 7 heteroatoms. The second-order valence-corrected chi connectivity index (χ2v) is 2.82. The minimum atomic E-state index is -0.196. The molecule has 80 valence electrons. The summed E-state index contributed by atoms with van der Waals surface area (Å²) in [6.45, 7) is 0.704. The molecule has 0 atom stereocenters. The molecular formula is C8H12N6O. The lowest BCUT2D eigenvalue weighted by Crippen LogP contribution is -2.28. The van der Waals surface area contributed by atoms with Gasteiger partial charge in [0.1, 0.15) is 12.9 Å². The van der Waals surface area contributed by atoms with E-state index >= 15 is 0 Å². The van der Waals surface area contributed by atoms with E-state index in [9.17, 15) is 4.79 Å². The van der Waals surface area contributed by atoms with Gasteiger partial charge in [-0.25, -0.2) is 9.67 Å². The Labute approximate surface area is 86.9 Å². The first kappa shape index (κ1) is 11.1. The van der Waals surface area contributed by atoms with Crippen molar-refractivity contribution in [2.24, 2.45) is 5.73 Å². The van der Waals surface area contributed by atoms with Gasteiger partial charge in [-0.15, -0.1) is 0 Å². The van der Waals surface area contributed by atoms with E-state index in [2.05, 4.69) is 15.4 Å². The summed E-state index contributed by atoms with van der Waals surface area (Å²) >= 11 is 0. The van der Waals surface area contributed by atoms with Crippen LogP contribution in [0, 0.1) is 11.3 Å². The van der Waals surface area contributed by atoms with E-state index in [1.807, 2.05) is 6.07 Å². The van der Waals surface area contributed by atoms with Gasteiger partial charge in [-0.1, -0.05) is 0 Å². The molecular weight excluding hydrogens is 196 g/mol. The van der Waals surface area contributed by atoms with Crippen molar-refractivity contribution >= 4 is 5.91 Å². The van der Waals surface area contributed by atoms with Gasteiger partial charge in [-0.3, -0.25) is 4.79 Å². The Bertz CT molecular complexity index is 365. The first-order chi connectivity index (χ1) is 7.26. The summed E-state index contributed by atoms with van der Waals surface area (Å²) in [6.07, 6.45) is 1.75. The van der Waals surface area contributed by atoms with Gasteiger partial charge in [0.2, 0.25) is 5.91 Å². The molecule has 3 N–H and O–H groups in total. The second kappa shape index (κ2) is 5.72. The molecule has 0 bridgehead atoms. The molecule has 0 fully saturated rings. The van der Waals surface area contributed by atoms with Crippen molar-refractivity contribution in [1.29, 1.82) is 5.26 Å². The lowest BCUT2D eigenvalue weighted by atomic mass is 10.4. The lowest BCUT2D eigenvalue weighted by Gasteiger charge is -2.01. The SMILES string of the molecule is N#CCCNC(=O)Cn1cnc(CN)n1. The van der Waals surface area contributed by atoms with E-state index < -0.39 is 0 Å². The number of amides is 1. The number of carbonyl (C=O) groups excluding carboxylic acids is 1. The van der Waals surface area contributed by atoms with Crippen LogP contribution in [0.25, 0.3) is 0 Å². The van der Waals surface area contributed by atoms with Gasteiger partial charge in [0.15, 0.2) is 5.82 Å². The van der Waals surface area contributed by atoms with Gasteiger partial charge >= 0.3 is 0 Å². The summed E-state index contributed by atoms with van der Waals surface area (Å²) in [7, 11) is 0. The Kier molecular flexibility index (Phi) is 4.25. The van der Waals surface area contributed by atoms with Crippen molar-refractivity contribution in [3.8, 4) is 6.07 Å². The van der Waals surface area contributed by atoms with E-state index in [-0.39, 0.29) is 19.0 Å². The Morgan fingerprint density at radius 3 is 3.13 bits per heavy atom. The number of nitrogens with one attached hydrogen (secondary N) is 1. The maximum Gasteiger partial charge on any atom is 0.241 e. The zero-order valence-electron chi connectivity index (χ0n) is 8.18. The van der Waals surface area contributed by atoms with E-state index in [0.717, 1.165) is 0 Å². The first-order valence-corrected chi connectivity index (χ1v) is 4.48. The molecule has 1 amide bonds. The third-order valence-electron chi connectivity index (χ3n) is 1.63. The molecule has 15 heavy (non-hydrogen) atoms. The summed E-state index contributed by atoms with van der Waals surface area (Å²) in [5.41, 5.74) is 5.32. The van der Waals surface area contributed by atoms with Crippen molar-refractivity contribution in [1.82, 2.24) is 20.1 Å². The number of hydrogen-bond acceptors (Lipinski definition) is 5. The van der Waals surface area contributed by atoms with Crippen LogP contribution in [0.5, 0.6) is 0 Å². The zero-order chi connectivity index (χ0) is 11.1. The van der Waals surface area contributed by atoms with Gasteiger partial charge in [0.05, 0.1) is 19.0 Å². The molecule has 1 rings (SSSR count). The molecule has 0 radical (unpaired) electrons. The number of nitrogens with two attached hydrogens (primary N) is 1. The minimum absolute atomic E-state index is 0.0957. The molecule has 0 saturated carbocycles. The molecule has 0 spiro atoms. The third-order valence-corrected chi connectivity index (χ3v) is 1.63. The summed E-state index contributed by atoms with van der Waals surface area (Å²) in [4.78, 5) is 15.1. The molecule has 0 unspecified atom stereocenters. The molecule has 1 aromatic heterocycles. The topological polar surface area (TPSA) is 110 Å². The van der Waals surface area contributed by atoms with Crippen LogP contribution in [0.3, 0.4) is 0 Å². The number of carbonyl (C=O) groups is 1. The van der Waals surface area contributed by atoms with Gasteiger partial charge in [-0.05, 0) is 0 Å². The standard InChI is InChI=1S/C8H12N6O/c9-2-1-3-11-8(15)5-14-6-12-7(4-10)13-14/h6H,1,3-5,10H2,(H,11,15). The van der Waals surface area contributed by atoms with Crippen LogP contribution in [0.4, 0.5) is 0 Å². The number of nitrogens with zero attached hydrogens (tertiary/aromatic N) is 4. The van der Waals surface area contributed by atoms with Crippen LogP contribution < -0.4 is 11.1 Å². The zero-order valence-corrected chi connectivity index (χ0v) is 8.18. The Balaban J connectivity index is 2.34. The molecule has 0 aliphatic heterocycles. The van der Waals surface area contributed by atoms with Crippen LogP contribution in [-0.2, 0) is 17.9 Å². The minimum Gasteiger partial charge on any atom is -0.353 e. The van der Waals surface area contributed by atoms with Gasteiger partial charge < -0.3 is 11.1 Å². The highest BCUT2D eigenvalue weighted by Gasteiger charge is 2.04. The van der Waals surface area contributed by atoms with Crippen molar-refractivity contribution in [2.75, 3.05) is 6.54 Å². The summed E-state index contributed by atoms with van der Waals surface area (Å²) in [6, 6.07) is 1.93. The van der Waals surface area contributed by atoms with Gasteiger partial charge in [0.25, 0.3) is 0 Å². The average Bonchev–Trinajstić information content (AvgIpc) is 2.66. The largest absolute Gasteiger partial charge is 0.353 e. The molecule has 7 nitrogen and oxygen atoms in total. The van der Waals surface area contributed by atoms with Crippen LogP contribution in [0.2, 0.25) is 0 Å². The second-order valence-electron chi connectivity index (χ2n) is 2.82. The molecule has 1 heterocycles. The van der Waals surface area contributed by atoms with E-state index in [4.69, 9.17) is 11.0 Å². The molecule has 0 aliphatic carbocycles. The number of rotatable bonds is 5. The fourth-order valence-electron chi connectivity index (χ4n) is 0.964. The predicted octanol–water partition coefficient (Wildman–Crippen LogP) is -1.23. The van der Waals surface area contributed by atoms with Gasteiger partial charge in [0, 0.05) is 6.54 Å². The molecule has 0 aliphatic rings. The first-order valence-electron chi connectivity index (χ1n) is 4.48. The van der Waals surface area contributed by atoms with Crippen molar-refractivity contribution < 1.29 is 4.79 Å². The molecule has 0 saturated heterocycles. The van der Waals surface area contributed by atoms with E-state index in [0.29, 0.717) is 18.8 Å². The third kappa shape index (κ3) is 3.74. The van der Waals surface area contributed by atoms with E-state index in [1.54, 1.807) is 0 Å². The van der Waals surface area contributed by atoms with Crippen molar-refractivity contribution in [2.45, 2.75) is 19.5 Å². The lowest BCUT2D eigenvalue weighted by molar-refractivity contribution is -0.121. The predicted molar refractivity (Wildman–Crippen MR) is 51.2 cm³/mol. The Morgan fingerprint density at radius 2 is 2.53 bits per heavy atom. The fourth-order valence-corrected chi connectivity index (χ4v) is 0.964. The van der Waals surface area contributed by atoms with Crippen LogP contribution in [-0.4, -0.2) is 27.2 Å². The number of aromatic nitrogens is 3. The van der Waals surface area contributed by atoms with Crippen molar-refractivity contribution in [3.63, 3.8) is 0 Å². The molecule has 0 aromatic carbocycles. The number of nitriles is 1. The Morgan fingerprint density at radius 1 is 1.73 bits per heavy atom. The average molecular weight is 208 g/mol.